The van der Waals surface area contributed by atoms with E-state index in [0.717, 1.165) is 18.5 Å². The lowest BCUT2D eigenvalue weighted by Gasteiger charge is -2.39. The predicted molar refractivity (Wildman–Crippen MR) is 97.9 cm³/mol. The fraction of sp³-hybridized carbons (Fsp3) is 0.421. The maximum atomic E-state index is 12.8. The van der Waals surface area contributed by atoms with Gasteiger partial charge in [-0.25, -0.2) is 0 Å². The molecule has 2 unspecified atom stereocenters. The van der Waals surface area contributed by atoms with Crippen LogP contribution < -0.4 is 5.73 Å². The third-order valence-electron chi connectivity index (χ3n) is 4.90. The lowest BCUT2D eigenvalue weighted by atomic mass is 9.90. The van der Waals surface area contributed by atoms with E-state index in [4.69, 9.17) is 5.73 Å². The average molecular weight is 333 g/mol. The zero-order valence-corrected chi connectivity index (χ0v) is 14.4. The topological polar surface area (TPSA) is 46.3 Å². The maximum Gasteiger partial charge on any atom is 0.227 e. The normalized spacial score (nSPS) is 21.0. The van der Waals surface area contributed by atoms with Crippen molar-refractivity contribution in [1.82, 2.24) is 4.90 Å². The Kier molecular flexibility index (Phi) is 6.03. The number of hydrogen-bond acceptors (Lipinski definition) is 2. The van der Waals surface area contributed by atoms with E-state index in [-0.39, 0.29) is 24.4 Å². The number of fused-ring (bicyclic) bond motifs is 1. The van der Waals surface area contributed by atoms with Gasteiger partial charge in [0.2, 0.25) is 5.91 Å². The molecule has 23 heavy (non-hydrogen) atoms. The number of carbonyl (C=O) groups excluding carboxylic acids is 1. The first-order valence-electron chi connectivity index (χ1n) is 8.17. The highest BCUT2D eigenvalue weighted by Gasteiger charge is 2.30. The van der Waals surface area contributed by atoms with Crippen molar-refractivity contribution in [3.05, 3.63) is 48.0 Å². The molecule has 4 heteroatoms. The molecule has 2 N–H and O–H groups in total. The van der Waals surface area contributed by atoms with Crippen LogP contribution in [0.25, 0.3) is 10.8 Å². The number of rotatable bonds is 3. The van der Waals surface area contributed by atoms with Gasteiger partial charge >= 0.3 is 0 Å². The van der Waals surface area contributed by atoms with Crippen molar-refractivity contribution in [2.24, 2.45) is 11.7 Å². The van der Waals surface area contributed by atoms with E-state index < -0.39 is 0 Å². The van der Waals surface area contributed by atoms with Crippen molar-refractivity contribution in [1.29, 1.82) is 0 Å². The highest BCUT2D eigenvalue weighted by molar-refractivity contribution is 5.90. The molecule has 1 fully saturated rings. The summed E-state index contributed by atoms with van der Waals surface area (Å²) in [5.74, 6) is 0.702. The van der Waals surface area contributed by atoms with Crippen LogP contribution in [0, 0.1) is 5.92 Å². The van der Waals surface area contributed by atoms with Crippen molar-refractivity contribution in [2.75, 3.05) is 13.1 Å². The van der Waals surface area contributed by atoms with Gasteiger partial charge in [0.05, 0.1) is 6.42 Å². The predicted octanol–water partition coefficient (Wildman–Crippen LogP) is 3.39. The van der Waals surface area contributed by atoms with Gasteiger partial charge in [-0.15, -0.1) is 12.4 Å². The van der Waals surface area contributed by atoms with E-state index in [1.165, 1.54) is 17.2 Å². The van der Waals surface area contributed by atoms with E-state index in [9.17, 15) is 4.79 Å². The number of nitrogens with two attached hydrogens (primary N) is 1. The Hall–Kier alpha value is -1.58. The van der Waals surface area contributed by atoms with Crippen molar-refractivity contribution >= 4 is 29.1 Å². The van der Waals surface area contributed by atoms with E-state index in [1.54, 1.807) is 0 Å². The summed E-state index contributed by atoms with van der Waals surface area (Å²) < 4.78 is 0. The monoisotopic (exact) mass is 332 g/mol. The van der Waals surface area contributed by atoms with Gasteiger partial charge in [-0.1, -0.05) is 49.4 Å². The molecule has 0 spiro atoms. The molecular formula is C19H25ClN2O. The van der Waals surface area contributed by atoms with Crippen LogP contribution in [-0.2, 0) is 11.2 Å². The molecule has 0 saturated carbocycles. The molecule has 1 aliphatic heterocycles. The summed E-state index contributed by atoms with van der Waals surface area (Å²) >= 11 is 0. The minimum Gasteiger partial charge on any atom is -0.338 e. The number of piperidine rings is 1. The van der Waals surface area contributed by atoms with Crippen LogP contribution in [0.5, 0.6) is 0 Å². The van der Waals surface area contributed by atoms with Gasteiger partial charge in [0.15, 0.2) is 0 Å². The molecule has 2 aromatic carbocycles. The Labute approximate surface area is 144 Å². The summed E-state index contributed by atoms with van der Waals surface area (Å²) in [6, 6.07) is 14.6. The molecule has 0 aromatic heterocycles. The molecule has 1 amide bonds. The second-order valence-electron chi connectivity index (χ2n) is 6.32. The van der Waals surface area contributed by atoms with E-state index >= 15 is 0 Å². The summed E-state index contributed by atoms with van der Waals surface area (Å²) in [5, 5.41) is 2.36. The van der Waals surface area contributed by atoms with Gasteiger partial charge < -0.3 is 10.6 Å². The van der Waals surface area contributed by atoms with Crippen LogP contribution >= 0.6 is 12.4 Å². The van der Waals surface area contributed by atoms with E-state index in [2.05, 4.69) is 31.2 Å². The Balaban J connectivity index is 0.00000192. The first-order valence-corrected chi connectivity index (χ1v) is 8.17. The second-order valence-corrected chi connectivity index (χ2v) is 6.32. The summed E-state index contributed by atoms with van der Waals surface area (Å²) in [5.41, 5.74) is 7.02. The molecule has 0 bridgehead atoms. The lowest BCUT2D eigenvalue weighted by Crippen LogP contribution is -2.51. The first-order chi connectivity index (χ1) is 10.7. The quantitative estimate of drug-likeness (QED) is 0.936. The Morgan fingerprint density at radius 3 is 2.74 bits per heavy atom. The standard InChI is InChI=1S/C19H24N2O.ClH/c1-14-6-5-11-21(18(14)13-20)19(22)12-16-9-4-8-15-7-2-3-10-17(15)16;/h2-4,7-10,14,18H,5-6,11-13,20H2,1H3;1H. The highest BCUT2D eigenvalue weighted by atomic mass is 35.5. The highest BCUT2D eigenvalue weighted by Crippen LogP contribution is 2.25. The zero-order valence-electron chi connectivity index (χ0n) is 13.6. The number of carbonyl (C=O) groups is 1. The smallest absolute Gasteiger partial charge is 0.227 e. The largest absolute Gasteiger partial charge is 0.338 e. The van der Waals surface area contributed by atoms with Crippen molar-refractivity contribution < 1.29 is 4.79 Å². The molecule has 0 aliphatic carbocycles. The van der Waals surface area contributed by atoms with Gasteiger partial charge in [-0.05, 0) is 35.1 Å². The van der Waals surface area contributed by atoms with Gasteiger partial charge in [-0.2, -0.15) is 0 Å². The van der Waals surface area contributed by atoms with Crippen LogP contribution in [0.3, 0.4) is 0 Å². The molecule has 0 radical (unpaired) electrons. The van der Waals surface area contributed by atoms with Crippen LogP contribution in [0.4, 0.5) is 0 Å². The van der Waals surface area contributed by atoms with Crippen molar-refractivity contribution in [3.8, 4) is 0 Å². The Morgan fingerprint density at radius 2 is 1.96 bits per heavy atom. The summed E-state index contributed by atoms with van der Waals surface area (Å²) in [7, 11) is 0. The molecular weight excluding hydrogens is 308 g/mol. The third kappa shape index (κ3) is 3.67. The molecule has 2 aromatic rings. The molecule has 3 nitrogen and oxygen atoms in total. The van der Waals surface area contributed by atoms with E-state index in [0.29, 0.717) is 18.9 Å². The van der Waals surface area contributed by atoms with Gasteiger partial charge in [-0.3, -0.25) is 4.79 Å². The number of nitrogens with zero attached hydrogens (tertiary/aromatic N) is 1. The van der Waals surface area contributed by atoms with Crippen LogP contribution in [0.15, 0.2) is 42.5 Å². The van der Waals surface area contributed by atoms with E-state index in [1.807, 2.05) is 23.1 Å². The number of hydrogen-bond donors (Lipinski definition) is 1. The molecule has 2 atom stereocenters. The van der Waals surface area contributed by atoms with Crippen LogP contribution in [0.2, 0.25) is 0 Å². The Morgan fingerprint density at radius 1 is 1.22 bits per heavy atom. The summed E-state index contributed by atoms with van der Waals surface area (Å²) in [6.45, 7) is 3.60. The van der Waals surface area contributed by atoms with Gasteiger partial charge in [0, 0.05) is 19.1 Å². The maximum absolute atomic E-state index is 12.8. The van der Waals surface area contributed by atoms with Gasteiger partial charge in [0.1, 0.15) is 0 Å². The minimum absolute atomic E-state index is 0. The van der Waals surface area contributed by atoms with Crippen molar-refractivity contribution in [3.63, 3.8) is 0 Å². The summed E-state index contributed by atoms with van der Waals surface area (Å²) in [6.07, 6.45) is 2.71. The SMILES string of the molecule is CC1CCCN(C(=O)Cc2cccc3ccccc23)C1CN.Cl. The third-order valence-corrected chi connectivity index (χ3v) is 4.90. The van der Waals surface area contributed by atoms with Crippen LogP contribution in [0.1, 0.15) is 25.3 Å². The summed E-state index contributed by atoms with van der Waals surface area (Å²) in [4.78, 5) is 14.8. The zero-order chi connectivity index (χ0) is 15.5. The fourth-order valence-corrected chi connectivity index (χ4v) is 3.63. The second kappa shape index (κ2) is 7.80. The molecule has 1 aliphatic rings. The number of likely N-dealkylation sites (tertiary alicyclic amines) is 1. The Bertz CT molecular complexity index is 668. The van der Waals surface area contributed by atoms with Crippen molar-refractivity contribution in [2.45, 2.75) is 32.2 Å². The first kappa shape index (κ1) is 17.8. The molecule has 124 valence electrons. The number of benzene rings is 2. The molecule has 1 heterocycles. The average Bonchev–Trinajstić information content (AvgIpc) is 2.55. The van der Waals surface area contributed by atoms with Crippen LogP contribution in [-0.4, -0.2) is 29.9 Å². The number of halogens is 1. The fourth-order valence-electron chi connectivity index (χ4n) is 3.63. The minimum atomic E-state index is 0. The van der Waals surface area contributed by atoms with Gasteiger partial charge in [0.25, 0.3) is 0 Å². The lowest BCUT2D eigenvalue weighted by molar-refractivity contribution is -0.135. The number of amides is 1. The molecule has 1 saturated heterocycles. The molecule has 3 rings (SSSR count).